The zero-order valence-corrected chi connectivity index (χ0v) is 20.5. The third-order valence-electron chi connectivity index (χ3n) is 5.24. The molecule has 0 aliphatic rings. The van der Waals surface area contributed by atoms with Crippen molar-refractivity contribution in [1.29, 1.82) is 0 Å². The fraction of sp³-hybridized carbons (Fsp3) is 0.200. The van der Waals surface area contributed by atoms with Crippen LogP contribution in [0.25, 0.3) is 16.5 Å². The second-order valence-electron chi connectivity index (χ2n) is 7.53. The SMILES string of the molecule is CCOC(=O)c1nn(-c2cccc(F)c2)c(=O)c2c(NC(=O)Cc3ccc(OC)c(OC)c3)scc12. The molecule has 1 amide bonds. The zero-order valence-electron chi connectivity index (χ0n) is 19.7. The highest BCUT2D eigenvalue weighted by Crippen LogP contribution is 2.31. The van der Waals surface area contributed by atoms with Crippen LogP contribution in [0, 0.1) is 5.82 Å². The number of hydrogen-bond donors (Lipinski definition) is 1. The third-order valence-corrected chi connectivity index (χ3v) is 6.13. The van der Waals surface area contributed by atoms with Crippen molar-refractivity contribution in [2.24, 2.45) is 0 Å². The van der Waals surface area contributed by atoms with Crippen LogP contribution in [0.3, 0.4) is 0 Å². The molecule has 4 rings (SSSR count). The lowest BCUT2D eigenvalue weighted by Crippen LogP contribution is -2.26. The van der Waals surface area contributed by atoms with Crippen molar-refractivity contribution in [3.8, 4) is 17.2 Å². The number of aromatic nitrogens is 2. The Kier molecular flexibility index (Phi) is 7.30. The van der Waals surface area contributed by atoms with Crippen molar-refractivity contribution in [3.63, 3.8) is 0 Å². The molecule has 2 aromatic heterocycles. The van der Waals surface area contributed by atoms with Crippen molar-refractivity contribution in [3.05, 3.63) is 75.3 Å². The Hall–Kier alpha value is -4.25. The molecule has 0 bridgehead atoms. The van der Waals surface area contributed by atoms with Gasteiger partial charge in [-0.15, -0.1) is 11.3 Å². The summed E-state index contributed by atoms with van der Waals surface area (Å²) in [5.74, 6) is -0.700. The monoisotopic (exact) mass is 511 g/mol. The number of ether oxygens (including phenoxy) is 3. The van der Waals surface area contributed by atoms with Gasteiger partial charge in [0.25, 0.3) is 5.56 Å². The molecule has 0 spiro atoms. The van der Waals surface area contributed by atoms with E-state index in [1.807, 2.05) is 0 Å². The molecule has 0 atom stereocenters. The van der Waals surface area contributed by atoms with Gasteiger partial charge in [-0.25, -0.2) is 9.18 Å². The lowest BCUT2D eigenvalue weighted by atomic mass is 10.1. The standard InChI is InChI=1S/C25H22FN3O6S/c1-4-35-25(32)22-17-13-36-23(21(17)24(31)29(28-22)16-7-5-6-15(26)12-16)27-20(30)11-14-8-9-18(33-2)19(10-14)34-3/h5-10,12-13H,4,11H2,1-3H3,(H,27,30). The molecule has 9 nitrogen and oxygen atoms in total. The predicted molar refractivity (Wildman–Crippen MR) is 133 cm³/mol. The minimum Gasteiger partial charge on any atom is -0.493 e. The van der Waals surface area contributed by atoms with Crippen molar-refractivity contribution < 1.29 is 28.2 Å². The van der Waals surface area contributed by atoms with Crippen molar-refractivity contribution in [2.45, 2.75) is 13.3 Å². The first-order valence-corrected chi connectivity index (χ1v) is 11.7. The zero-order chi connectivity index (χ0) is 25.8. The van der Waals surface area contributed by atoms with Crippen molar-refractivity contribution in [1.82, 2.24) is 9.78 Å². The maximum absolute atomic E-state index is 13.9. The Morgan fingerprint density at radius 3 is 2.58 bits per heavy atom. The van der Waals surface area contributed by atoms with Crippen LogP contribution in [0.4, 0.5) is 9.39 Å². The Morgan fingerprint density at radius 2 is 1.89 bits per heavy atom. The quantitative estimate of drug-likeness (QED) is 0.357. The van der Waals surface area contributed by atoms with Gasteiger partial charge in [0.1, 0.15) is 10.8 Å². The summed E-state index contributed by atoms with van der Waals surface area (Å²) in [5, 5.41) is 9.00. The maximum atomic E-state index is 13.9. The number of anilines is 1. The average Bonchev–Trinajstić information content (AvgIpc) is 3.28. The minimum absolute atomic E-state index is 0.00630. The highest BCUT2D eigenvalue weighted by Gasteiger charge is 2.23. The van der Waals surface area contributed by atoms with Gasteiger partial charge in [-0.2, -0.15) is 9.78 Å². The molecule has 0 aliphatic heterocycles. The number of methoxy groups -OCH3 is 2. The largest absolute Gasteiger partial charge is 0.493 e. The number of rotatable bonds is 8. The fourth-order valence-corrected chi connectivity index (χ4v) is 4.57. The van der Waals surface area contributed by atoms with Crippen LogP contribution >= 0.6 is 11.3 Å². The molecule has 0 radical (unpaired) electrons. The number of benzene rings is 2. The third kappa shape index (κ3) is 4.91. The predicted octanol–water partition coefficient (Wildman–Crippen LogP) is 3.96. The first kappa shape index (κ1) is 24.9. The number of thiophene rings is 1. The first-order chi connectivity index (χ1) is 17.4. The summed E-state index contributed by atoms with van der Waals surface area (Å²) in [6, 6.07) is 10.4. The molecule has 186 valence electrons. The molecule has 0 fully saturated rings. The van der Waals surface area contributed by atoms with Gasteiger partial charge in [-0.05, 0) is 42.8 Å². The Labute approximate surface area is 209 Å². The molecule has 2 heterocycles. The maximum Gasteiger partial charge on any atom is 0.359 e. The van der Waals surface area contributed by atoms with Gasteiger partial charge in [0, 0.05) is 10.8 Å². The second kappa shape index (κ2) is 10.6. The molecule has 4 aromatic rings. The number of carbonyl (C=O) groups excluding carboxylic acids is 2. The van der Waals surface area contributed by atoms with Crippen LogP contribution in [0.1, 0.15) is 23.0 Å². The topological polar surface area (TPSA) is 109 Å². The lowest BCUT2D eigenvalue weighted by Gasteiger charge is -2.11. The van der Waals surface area contributed by atoms with Crippen LogP contribution < -0.4 is 20.3 Å². The van der Waals surface area contributed by atoms with Crippen LogP contribution in [0.15, 0.2) is 52.6 Å². The highest BCUT2D eigenvalue weighted by atomic mass is 32.1. The molecular formula is C25H22FN3O6S. The summed E-state index contributed by atoms with van der Waals surface area (Å²) in [6.45, 7) is 1.74. The Balaban J connectivity index is 1.75. The van der Waals surface area contributed by atoms with E-state index >= 15 is 0 Å². The first-order valence-electron chi connectivity index (χ1n) is 10.8. The van der Waals surface area contributed by atoms with Crippen LogP contribution in [0.5, 0.6) is 11.5 Å². The molecule has 0 unspecified atom stereocenters. The van der Waals surface area contributed by atoms with E-state index in [9.17, 15) is 18.8 Å². The molecule has 0 saturated carbocycles. The molecule has 1 N–H and O–H groups in total. The second-order valence-corrected chi connectivity index (χ2v) is 8.41. The summed E-state index contributed by atoms with van der Waals surface area (Å²) in [7, 11) is 3.01. The lowest BCUT2D eigenvalue weighted by molar-refractivity contribution is -0.115. The minimum atomic E-state index is -0.742. The molecule has 0 saturated heterocycles. The van der Waals surface area contributed by atoms with Gasteiger partial charge in [-0.1, -0.05) is 12.1 Å². The van der Waals surface area contributed by atoms with Gasteiger partial charge in [0.15, 0.2) is 17.2 Å². The van der Waals surface area contributed by atoms with E-state index in [2.05, 4.69) is 10.4 Å². The number of halogens is 1. The number of nitrogens with zero attached hydrogens (tertiary/aromatic N) is 2. The Morgan fingerprint density at radius 1 is 1.11 bits per heavy atom. The summed E-state index contributed by atoms with van der Waals surface area (Å²) in [6.07, 6.45) is -0.00630. The van der Waals surface area contributed by atoms with E-state index in [4.69, 9.17) is 14.2 Å². The molecule has 36 heavy (non-hydrogen) atoms. The van der Waals surface area contributed by atoms with E-state index in [1.54, 1.807) is 30.5 Å². The van der Waals surface area contributed by atoms with E-state index in [0.29, 0.717) is 17.1 Å². The molecule has 0 aliphatic carbocycles. The van der Waals surface area contributed by atoms with Gasteiger partial charge in [0.05, 0.1) is 38.3 Å². The molecule has 2 aromatic carbocycles. The summed E-state index contributed by atoms with van der Waals surface area (Å²) < 4.78 is 30.4. The van der Waals surface area contributed by atoms with Crippen molar-refractivity contribution >= 4 is 39.0 Å². The average molecular weight is 512 g/mol. The number of amides is 1. The van der Waals surface area contributed by atoms with E-state index in [0.717, 1.165) is 22.1 Å². The highest BCUT2D eigenvalue weighted by molar-refractivity contribution is 7.16. The van der Waals surface area contributed by atoms with Gasteiger partial charge < -0.3 is 19.5 Å². The summed E-state index contributed by atoms with van der Waals surface area (Å²) in [5.41, 5.74) is 0.0528. The number of nitrogens with one attached hydrogen (secondary N) is 1. The summed E-state index contributed by atoms with van der Waals surface area (Å²) >= 11 is 1.07. The van der Waals surface area contributed by atoms with Gasteiger partial charge in [-0.3, -0.25) is 9.59 Å². The smallest absolute Gasteiger partial charge is 0.359 e. The molecule has 11 heteroatoms. The Bertz CT molecular complexity index is 1510. The number of esters is 1. The van der Waals surface area contributed by atoms with Crippen molar-refractivity contribution in [2.75, 3.05) is 26.1 Å². The number of hydrogen-bond acceptors (Lipinski definition) is 8. The summed E-state index contributed by atoms with van der Waals surface area (Å²) in [4.78, 5) is 38.9. The van der Waals surface area contributed by atoms with E-state index in [-0.39, 0.29) is 40.2 Å². The number of carbonyl (C=O) groups is 2. The van der Waals surface area contributed by atoms with Crippen LogP contribution in [-0.2, 0) is 16.0 Å². The van der Waals surface area contributed by atoms with Crippen LogP contribution in [-0.4, -0.2) is 42.5 Å². The molecular weight excluding hydrogens is 489 g/mol. The fourth-order valence-electron chi connectivity index (χ4n) is 3.62. The normalized spacial score (nSPS) is 10.8. The number of fused-ring (bicyclic) bond motifs is 1. The van der Waals surface area contributed by atoms with Gasteiger partial charge in [0.2, 0.25) is 5.91 Å². The van der Waals surface area contributed by atoms with E-state index in [1.165, 1.54) is 32.4 Å². The van der Waals surface area contributed by atoms with Crippen LogP contribution in [0.2, 0.25) is 0 Å². The van der Waals surface area contributed by atoms with Gasteiger partial charge >= 0.3 is 5.97 Å². The van der Waals surface area contributed by atoms with E-state index < -0.39 is 23.3 Å².